The first-order valence-corrected chi connectivity index (χ1v) is 11.7. The minimum absolute atomic E-state index is 0.0408. The van der Waals surface area contributed by atoms with Crippen LogP contribution in [0.25, 0.3) is 0 Å². The van der Waals surface area contributed by atoms with Gasteiger partial charge in [0, 0.05) is 12.0 Å². The highest BCUT2D eigenvalue weighted by atomic mass is 16.6. The van der Waals surface area contributed by atoms with Crippen LogP contribution in [-0.4, -0.2) is 31.8 Å². The smallest absolute Gasteiger partial charge is 0.334 e. The van der Waals surface area contributed by atoms with Crippen molar-refractivity contribution in [1.82, 2.24) is 0 Å². The first-order chi connectivity index (χ1) is 15.9. The molecule has 0 unspecified atom stereocenters. The third kappa shape index (κ3) is 8.69. The molecule has 184 valence electrons. The first-order valence-electron chi connectivity index (χ1n) is 11.7. The molecule has 5 nitrogen and oxygen atoms in total. The Morgan fingerprint density at radius 3 is 2.12 bits per heavy atom. The van der Waals surface area contributed by atoms with E-state index < -0.39 is 11.9 Å². The van der Waals surface area contributed by atoms with Crippen molar-refractivity contribution in [3.63, 3.8) is 0 Å². The largest absolute Gasteiger partial charge is 0.490 e. The van der Waals surface area contributed by atoms with Crippen molar-refractivity contribution in [3.8, 4) is 5.75 Å². The van der Waals surface area contributed by atoms with E-state index in [0.717, 1.165) is 16.9 Å². The van der Waals surface area contributed by atoms with E-state index in [1.165, 1.54) is 5.56 Å². The Bertz CT molecular complexity index is 978. The van der Waals surface area contributed by atoms with Gasteiger partial charge < -0.3 is 14.2 Å². The van der Waals surface area contributed by atoms with Crippen LogP contribution < -0.4 is 4.74 Å². The molecular formula is C29H38O5. The summed E-state index contributed by atoms with van der Waals surface area (Å²) in [6.07, 6.45) is 0.395. The summed E-state index contributed by atoms with van der Waals surface area (Å²) in [6, 6.07) is 16.0. The second-order valence-corrected chi connectivity index (χ2v) is 10.4. The molecule has 2 rings (SSSR count). The fourth-order valence-electron chi connectivity index (χ4n) is 3.32. The van der Waals surface area contributed by atoms with Crippen LogP contribution in [-0.2, 0) is 36.3 Å². The summed E-state index contributed by atoms with van der Waals surface area (Å²) in [6.45, 7) is 17.2. The lowest BCUT2D eigenvalue weighted by molar-refractivity contribution is -0.146. The molecule has 0 bridgehead atoms. The zero-order valence-corrected chi connectivity index (χ0v) is 21.4. The molecule has 0 atom stereocenters. The van der Waals surface area contributed by atoms with Crippen molar-refractivity contribution in [2.24, 2.45) is 0 Å². The van der Waals surface area contributed by atoms with Crippen LogP contribution in [0.3, 0.4) is 0 Å². The molecule has 0 saturated heterocycles. The van der Waals surface area contributed by atoms with Gasteiger partial charge in [-0.2, -0.15) is 0 Å². The van der Waals surface area contributed by atoms with Gasteiger partial charge in [0.2, 0.25) is 0 Å². The second-order valence-electron chi connectivity index (χ2n) is 10.4. The van der Waals surface area contributed by atoms with Crippen LogP contribution in [0, 0.1) is 0 Å². The normalized spacial score (nSPS) is 11.6. The third-order valence-electron chi connectivity index (χ3n) is 5.37. The summed E-state index contributed by atoms with van der Waals surface area (Å²) in [5.41, 5.74) is 3.45. The molecule has 0 fully saturated rings. The summed E-state index contributed by atoms with van der Waals surface area (Å²) in [7, 11) is 0. The highest BCUT2D eigenvalue weighted by Crippen LogP contribution is 2.35. The quantitative estimate of drug-likeness (QED) is 0.246. The van der Waals surface area contributed by atoms with E-state index in [2.05, 4.69) is 60.3 Å². The van der Waals surface area contributed by atoms with Gasteiger partial charge in [0.25, 0.3) is 0 Å². The Kier molecular flexibility index (Phi) is 9.48. The standard InChI is InChI=1S/C29H38O5/c1-21(27(31)34-16-15-22-11-9-8-10-12-22)19-26(30)33-18-17-32-25-14-13-23(28(2,3)4)20-24(25)29(5,6)7/h8-14,20H,1,15-19H2,2-7H3. The Hall–Kier alpha value is -3.08. The molecule has 34 heavy (non-hydrogen) atoms. The van der Waals surface area contributed by atoms with Crippen molar-refractivity contribution in [3.05, 3.63) is 77.4 Å². The van der Waals surface area contributed by atoms with Gasteiger partial charge in [0.05, 0.1) is 13.0 Å². The molecule has 0 amide bonds. The van der Waals surface area contributed by atoms with Crippen LogP contribution in [0.15, 0.2) is 60.7 Å². The van der Waals surface area contributed by atoms with E-state index >= 15 is 0 Å². The second kappa shape index (κ2) is 11.9. The van der Waals surface area contributed by atoms with Gasteiger partial charge in [-0.25, -0.2) is 4.79 Å². The number of benzene rings is 2. The maximum absolute atomic E-state index is 12.1. The Balaban J connectivity index is 1.77. The zero-order valence-electron chi connectivity index (χ0n) is 21.4. The van der Waals surface area contributed by atoms with E-state index in [1.54, 1.807) is 0 Å². The third-order valence-corrected chi connectivity index (χ3v) is 5.37. The van der Waals surface area contributed by atoms with Crippen molar-refractivity contribution in [2.75, 3.05) is 19.8 Å². The average Bonchev–Trinajstić information content (AvgIpc) is 2.76. The predicted octanol–water partition coefficient (Wildman–Crippen LogP) is 5.94. The van der Waals surface area contributed by atoms with Gasteiger partial charge in [0.15, 0.2) is 0 Å². The van der Waals surface area contributed by atoms with Gasteiger partial charge in [-0.3, -0.25) is 4.79 Å². The molecule has 0 saturated carbocycles. The predicted molar refractivity (Wildman–Crippen MR) is 135 cm³/mol. The van der Waals surface area contributed by atoms with Gasteiger partial charge in [-0.1, -0.05) is 90.6 Å². The number of carbonyl (C=O) groups excluding carboxylic acids is 2. The van der Waals surface area contributed by atoms with Crippen molar-refractivity contribution >= 4 is 11.9 Å². The minimum Gasteiger partial charge on any atom is -0.490 e. The number of hydrogen-bond donors (Lipinski definition) is 0. The lowest BCUT2D eigenvalue weighted by Crippen LogP contribution is -2.19. The molecule has 2 aromatic rings. The molecule has 0 N–H and O–H groups in total. The van der Waals surface area contributed by atoms with E-state index in [0.29, 0.717) is 6.42 Å². The van der Waals surface area contributed by atoms with E-state index in [4.69, 9.17) is 14.2 Å². The van der Waals surface area contributed by atoms with Crippen LogP contribution in [0.4, 0.5) is 0 Å². The molecule has 0 aliphatic heterocycles. The summed E-state index contributed by atoms with van der Waals surface area (Å²) in [5.74, 6) is -0.339. The summed E-state index contributed by atoms with van der Waals surface area (Å²) in [4.78, 5) is 24.2. The highest BCUT2D eigenvalue weighted by molar-refractivity contribution is 5.93. The fraction of sp³-hybridized carbons (Fsp3) is 0.448. The lowest BCUT2D eigenvalue weighted by atomic mass is 9.80. The van der Waals surface area contributed by atoms with Crippen molar-refractivity contribution < 1.29 is 23.8 Å². The summed E-state index contributed by atoms with van der Waals surface area (Å²) in [5, 5.41) is 0. The summed E-state index contributed by atoms with van der Waals surface area (Å²) >= 11 is 0. The molecule has 0 heterocycles. The van der Waals surface area contributed by atoms with Gasteiger partial charge in [-0.15, -0.1) is 0 Å². The van der Waals surface area contributed by atoms with Crippen LogP contribution >= 0.6 is 0 Å². The number of ether oxygens (including phenoxy) is 3. The van der Waals surface area contributed by atoms with Crippen molar-refractivity contribution in [1.29, 1.82) is 0 Å². The molecule has 0 spiro atoms. The Morgan fingerprint density at radius 2 is 1.50 bits per heavy atom. The van der Waals surface area contributed by atoms with E-state index in [1.807, 2.05) is 36.4 Å². The fourth-order valence-corrected chi connectivity index (χ4v) is 3.32. The Morgan fingerprint density at radius 1 is 0.824 bits per heavy atom. The molecule has 0 aromatic heterocycles. The molecule has 2 aromatic carbocycles. The van der Waals surface area contributed by atoms with Gasteiger partial charge >= 0.3 is 11.9 Å². The highest BCUT2D eigenvalue weighted by Gasteiger charge is 2.23. The average molecular weight is 467 g/mol. The molecular weight excluding hydrogens is 428 g/mol. The topological polar surface area (TPSA) is 61.8 Å². The van der Waals surface area contributed by atoms with Crippen LogP contribution in [0.2, 0.25) is 0 Å². The SMILES string of the molecule is C=C(CC(=O)OCCOc1ccc(C(C)(C)C)cc1C(C)(C)C)C(=O)OCCc1ccccc1. The lowest BCUT2D eigenvalue weighted by Gasteiger charge is -2.27. The van der Waals surface area contributed by atoms with E-state index in [9.17, 15) is 9.59 Å². The van der Waals surface area contributed by atoms with Crippen LogP contribution in [0.1, 0.15) is 64.7 Å². The monoisotopic (exact) mass is 466 g/mol. The Labute approximate surface area is 204 Å². The van der Waals surface area contributed by atoms with Gasteiger partial charge in [0.1, 0.15) is 19.0 Å². The van der Waals surface area contributed by atoms with Gasteiger partial charge in [-0.05, 0) is 33.6 Å². The number of rotatable bonds is 10. The maximum atomic E-state index is 12.1. The molecule has 0 aliphatic carbocycles. The van der Waals surface area contributed by atoms with Crippen LogP contribution in [0.5, 0.6) is 5.75 Å². The molecule has 5 heteroatoms. The first kappa shape index (κ1) is 27.2. The maximum Gasteiger partial charge on any atom is 0.334 e. The number of hydrogen-bond acceptors (Lipinski definition) is 5. The number of carbonyl (C=O) groups is 2. The zero-order chi connectivity index (χ0) is 25.4. The minimum atomic E-state index is -0.585. The molecule has 0 radical (unpaired) electrons. The molecule has 0 aliphatic rings. The number of esters is 2. The van der Waals surface area contributed by atoms with E-state index in [-0.39, 0.29) is 42.6 Å². The summed E-state index contributed by atoms with van der Waals surface area (Å²) < 4.78 is 16.4. The van der Waals surface area contributed by atoms with Crippen molar-refractivity contribution in [2.45, 2.75) is 65.2 Å².